The molecule has 1 aliphatic heterocycles. The molecule has 3 aromatic rings. The number of carbonyl (C=O) groups excluding carboxylic acids is 1. The highest BCUT2D eigenvalue weighted by molar-refractivity contribution is 6.05. The van der Waals surface area contributed by atoms with E-state index in [9.17, 15) is 9.90 Å². The van der Waals surface area contributed by atoms with Gasteiger partial charge in [0.1, 0.15) is 11.5 Å². The summed E-state index contributed by atoms with van der Waals surface area (Å²) in [4.78, 5) is 13.1. The van der Waals surface area contributed by atoms with Crippen LogP contribution in [0.3, 0.4) is 0 Å². The molecule has 1 aliphatic rings. The monoisotopic (exact) mass is 372 g/mol. The van der Waals surface area contributed by atoms with Crippen LogP contribution in [0.2, 0.25) is 0 Å². The summed E-state index contributed by atoms with van der Waals surface area (Å²) < 4.78 is 5.22. The van der Waals surface area contributed by atoms with E-state index in [0.717, 1.165) is 17.0 Å². The van der Waals surface area contributed by atoms with Gasteiger partial charge in [0.15, 0.2) is 0 Å². The molecule has 5 heteroatoms. The van der Waals surface area contributed by atoms with Crippen molar-refractivity contribution in [3.63, 3.8) is 0 Å². The Morgan fingerprint density at radius 2 is 1.68 bits per heavy atom. The smallest absolute Gasteiger partial charge is 0.274 e. The van der Waals surface area contributed by atoms with Gasteiger partial charge >= 0.3 is 0 Å². The lowest BCUT2D eigenvalue weighted by Gasteiger charge is -2.22. The van der Waals surface area contributed by atoms with Crippen molar-refractivity contribution in [1.29, 1.82) is 0 Å². The quantitative estimate of drug-likeness (QED) is 0.739. The van der Waals surface area contributed by atoms with Gasteiger partial charge < -0.3 is 9.84 Å². The highest BCUT2D eigenvalue weighted by Gasteiger charge is 2.34. The number of rotatable bonds is 4. The molecule has 3 aromatic carbocycles. The van der Waals surface area contributed by atoms with E-state index in [1.807, 2.05) is 54.6 Å². The van der Waals surface area contributed by atoms with E-state index < -0.39 is 0 Å². The molecule has 5 nitrogen and oxygen atoms in total. The first-order valence-corrected chi connectivity index (χ1v) is 9.06. The van der Waals surface area contributed by atoms with E-state index in [1.54, 1.807) is 31.4 Å². The molecule has 0 spiro atoms. The first kappa shape index (κ1) is 17.8. The molecular weight excluding hydrogens is 352 g/mol. The third-order valence-corrected chi connectivity index (χ3v) is 4.86. The fourth-order valence-electron chi connectivity index (χ4n) is 3.38. The molecule has 1 amide bonds. The van der Waals surface area contributed by atoms with Gasteiger partial charge in [0.05, 0.1) is 18.9 Å². The molecule has 140 valence electrons. The molecular formula is C23H20N2O3. The summed E-state index contributed by atoms with van der Waals surface area (Å²) in [6, 6.07) is 23.4. The van der Waals surface area contributed by atoms with Crippen molar-refractivity contribution in [2.75, 3.05) is 7.11 Å². The van der Waals surface area contributed by atoms with E-state index in [2.05, 4.69) is 5.10 Å². The number of methoxy groups -OCH3 is 1. The van der Waals surface area contributed by atoms with Crippen molar-refractivity contribution < 1.29 is 14.6 Å². The third kappa shape index (κ3) is 3.34. The Kier molecular flexibility index (Phi) is 4.81. The van der Waals surface area contributed by atoms with E-state index in [1.165, 1.54) is 5.01 Å². The van der Waals surface area contributed by atoms with Crippen molar-refractivity contribution >= 4 is 11.6 Å². The van der Waals surface area contributed by atoms with Crippen LogP contribution in [0.5, 0.6) is 11.5 Å². The van der Waals surface area contributed by atoms with Crippen molar-refractivity contribution in [1.82, 2.24) is 5.01 Å². The van der Waals surface area contributed by atoms with E-state index in [-0.39, 0.29) is 17.7 Å². The van der Waals surface area contributed by atoms with Crippen LogP contribution in [-0.2, 0) is 0 Å². The second-order valence-electron chi connectivity index (χ2n) is 6.57. The summed E-state index contributed by atoms with van der Waals surface area (Å²) in [5, 5.41) is 16.5. The number of hydrogen-bond donors (Lipinski definition) is 1. The third-order valence-electron chi connectivity index (χ3n) is 4.86. The molecule has 0 aromatic heterocycles. The SMILES string of the molecule is COc1ccc(C2=NN(C(=O)c3ccccc3)[C@H](c3ccccc3O)C2)cc1. The Hall–Kier alpha value is -3.60. The van der Waals surface area contributed by atoms with Crippen LogP contribution < -0.4 is 4.74 Å². The average Bonchev–Trinajstić information content (AvgIpc) is 3.19. The maximum atomic E-state index is 13.1. The lowest BCUT2D eigenvalue weighted by Crippen LogP contribution is -2.27. The van der Waals surface area contributed by atoms with Crippen LogP contribution in [0.1, 0.15) is 33.9 Å². The maximum absolute atomic E-state index is 13.1. The summed E-state index contributed by atoms with van der Waals surface area (Å²) in [5.41, 5.74) is 2.95. The number of phenolic OH excluding ortho intramolecular Hbond substituents is 1. The fraction of sp³-hybridized carbons (Fsp3) is 0.130. The predicted molar refractivity (Wildman–Crippen MR) is 108 cm³/mol. The summed E-state index contributed by atoms with van der Waals surface area (Å²) in [6.07, 6.45) is 0.516. The van der Waals surface area contributed by atoms with Crippen LogP contribution in [-0.4, -0.2) is 28.8 Å². The topological polar surface area (TPSA) is 62.1 Å². The summed E-state index contributed by atoms with van der Waals surface area (Å²) >= 11 is 0. The minimum absolute atomic E-state index is 0.157. The zero-order valence-corrected chi connectivity index (χ0v) is 15.4. The molecule has 0 radical (unpaired) electrons. The van der Waals surface area contributed by atoms with Gasteiger partial charge in [-0.1, -0.05) is 36.4 Å². The number of phenols is 1. The maximum Gasteiger partial charge on any atom is 0.274 e. The fourth-order valence-corrected chi connectivity index (χ4v) is 3.38. The van der Waals surface area contributed by atoms with Crippen LogP contribution in [0.15, 0.2) is 84.0 Å². The van der Waals surface area contributed by atoms with Gasteiger partial charge in [0.2, 0.25) is 0 Å². The summed E-state index contributed by atoms with van der Waals surface area (Å²) in [6.45, 7) is 0. The molecule has 1 atom stereocenters. The van der Waals surface area contributed by atoms with E-state index >= 15 is 0 Å². The highest BCUT2D eigenvalue weighted by Crippen LogP contribution is 2.37. The standard InChI is InChI=1S/C23H20N2O3/c1-28-18-13-11-16(12-14-18)20-15-21(19-9-5-6-10-22(19)26)25(24-20)23(27)17-7-3-2-4-8-17/h2-14,21,26H,15H2,1H3/t21-/m0/s1. The van der Waals surface area contributed by atoms with Crippen molar-refractivity contribution in [3.05, 3.63) is 95.6 Å². The Bertz CT molecular complexity index is 1010. The lowest BCUT2D eigenvalue weighted by molar-refractivity contribution is 0.0709. The Balaban J connectivity index is 1.73. The largest absolute Gasteiger partial charge is 0.508 e. The van der Waals surface area contributed by atoms with Crippen molar-refractivity contribution in [2.45, 2.75) is 12.5 Å². The minimum Gasteiger partial charge on any atom is -0.508 e. The number of carbonyl (C=O) groups is 1. The van der Waals surface area contributed by atoms with Crippen molar-refractivity contribution in [2.24, 2.45) is 5.10 Å². The molecule has 0 fully saturated rings. The number of ether oxygens (including phenoxy) is 1. The summed E-state index contributed by atoms with van der Waals surface area (Å²) in [7, 11) is 1.62. The predicted octanol–water partition coefficient (Wildman–Crippen LogP) is 4.39. The molecule has 0 unspecified atom stereocenters. The second kappa shape index (κ2) is 7.56. The first-order chi connectivity index (χ1) is 13.7. The van der Waals surface area contributed by atoms with Gasteiger partial charge in [-0.25, -0.2) is 5.01 Å². The number of hydrogen-bond acceptors (Lipinski definition) is 4. The molecule has 0 aliphatic carbocycles. The van der Waals surface area contributed by atoms with Gasteiger partial charge in [-0.15, -0.1) is 0 Å². The number of benzene rings is 3. The molecule has 28 heavy (non-hydrogen) atoms. The second-order valence-corrected chi connectivity index (χ2v) is 6.57. The van der Waals surface area contributed by atoms with Gasteiger partial charge in [-0.2, -0.15) is 5.10 Å². The molecule has 4 rings (SSSR count). The van der Waals surface area contributed by atoms with Crippen LogP contribution in [0.25, 0.3) is 0 Å². The van der Waals surface area contributed by atoms with E-state index in [4.69, 9.17) is 4.74 Å². The number of hydrazone groups is 1. The van der Waals surface area contributed by atoms with E-state index in [0.29, 0.717) is 17.5 Å². The average molecular weight is 372 g/mol. The van der Waals surface area contributed by atoms with Crippen LogP contribution >= 0.6 is 0 Å². The van der Waals surface area contributed by atoms with Crippen LogP contribution in [0, 0.1) is 0 Å². The molecule has 0 saturated carbocycles. The number of aromatic hydroxyl groups is 1. The normalized spacial score (nSPS) is 16.0. The molecule has 0 saturated heterocycles. The highest BCUT2D eigenvalue weighted by atomic mass is 16.5. The van der Waals surface area contributed by atoms with Gasteiger partial charge in [-0.05, 0) is 48.0 Å². The van der Waals surface area contributed by atoms with Gasteiger partial charge in [0, 0.05) is 17.5 Å². The zero-order valence-electron chi connectivity index (χ0n) is 15.4. The lowest BCUT2D eigenvalue weighted by atomic mass is 9.97. The molecule has 1 heterocycles. The number of amides is 1. The van der Waals surface area contributed by atoms with Gasteiger partial charge in [-0.3, -0.25) is 4.79 Å². The Morgan fingerprint density at radius 1 is 1.00 bits per heavy atom. The number of para-hydroxylation sites is 1. The Morgan fingerprint density at radius 3 is 2.36 bits per heavy atom. The minimum atomic E-state index is -0.369. The van der Waals surface area contributed by atoms with Gasteiger partial charge in [0.25, 0.3) is 5.91 Å². The number of nitrogens with zero attached hydrogens (tertiary/aromatic N) is 2. The first-order valence-electron chi connectivity index (χ1n) is 9.06. The zero-order chi connectivity index (χ0) is 19.5. The Labute approximate surface area is 163 Å². The summed E-state index contributed by atoms with van der Waals surface area (Å²) in [5.74, 6) is 0.721. The molecule has 1 N–H and O–H groups in total. The molecule has 0 bridgehead atoms. The van der Waals surface area contributed by atoms with Crippen molar-refractivity contribution in [3.8, 4) is 11.5 Å². The van der Waals surface area contributed by atoms with Crippen LogP contribution in [0.4, 0.5) is 0 Å².